The molecule has 0 aromatic heterocycles. The summed E-state index contributed by atoms with van der Waals surface area (Å²) in [7, 11) is 3.59. The Kier molecular flexibility index (Phi) is 10.4. The SMILES string of the molecule is C/N=C1/C=CN(CCO)/C(=C(/NC)NC(C)/C=C\C(F)=C/COC(C)C)C1. The Hall–Kier alpha value is -2.12. The molecule has 6 nitrogen and oxygen atoms in total. The first kappa shape index (κ1) is 22.9. The van der Waals surface area contributed by atoms with Gasteiger partial charge in [0.25, 0.3) is 0 Å². The molecule has 27 heavy (non-hydrogen) atoms. The molecule has 1 unspecified atom stereocenters. The van der Waals surface area contributed by atoms with Crippen LogP contribution >= 0.6 is 0 Å². The predicted molar refractivity (Wildman–Crippen MR) is 109 cm³/mol. The molecule has 0 fully saturated rings. The van der Waals surface area contributed by atoms with Crippen molar-refractivity contribution in [1.29, 1.82) is 0 Å². The number of aliphatic imine (C=N–C) groups is 1. The molecule has 0 aromatic carbocycles. The summed E-state index contributed by atoms with van der Waals surface area (Å²) in [6.07, 6.45) is 9.18. The topological polar surface area (TPSA) is 69.1 Å². The van der Waals surface area contributed by atoms with Crippen molar-refractivity contribution in [3.05, 3.63) is 47.8 Å². The normalized spacial score (nSPS) is 19.9. The molecular weight excluding hydrogens is 347 g/mol. The maximum Gasteiger partial charge on any atom is 0.121 e. The van der Waals surface area contributed by atoms with Crippen LogP contribution in [0.25, 0.3) is 0 Å². The highest BCUT2D eigenvalue weighted by molar-refractivity contribution is 5.97. The summed E-state index contributed by atoms with van der Waals surface area (Å²) in [6.45, 7) is 6.56. The summed E-state index contributed by atoms with van der Waals surface area (Å²) in [4.78, 5) is 6.24. The molecule has 0 spiro atoms. The largest absolute Gasteiger partial charge is 0.395 e. The van der Waals surface area contributed by atoms with Crippen molar-refractivity contribution in [2.45, 2.75) is 39.3 Å². The van der Waals surface area contributed by atoms with Crippen molar-refractivity contribution in [3.63, 3.8) is 0 Å². The maximum atomic E-state index is 13.8. The number of halogens is 1. The van der Waals surface area contributed by atoms with Crippen molar-refractivity contribution >= 4 is 5.71 Å². The van der Waals surface area contributed by atoms with E-state index in [4.69, 9.17) is 4.74 Å². The lowest BCUT2D eigenvalue weighted by atomic mass is 10.1. The minimum Gasteiger partial charge on any atom is -0.395 e. The minimum absolute atomic E-state index is 0.0490. The van der Waals surface area contributed by atoms with Crippen LogP contribution in [-0.4, -0.2) is 61.7 Å². The van der Waals surface area contributed by atoms with Crippen molar-refractivity contribution in [2.24, 2.45) is 4.99 Å². The van der Waals surface area contributed by atoms with E-state index in [1.54, 1.807) is 13.1 Å². The fourth-order valence-corrected chi connectivity index (χ4v) is 2.50. The Morgan fingerprint density at radius 3 is 2.78 bits per heavy atom. The first-order valence-electron chi connectivity index (χ1n) is 9.25. The summed E-state index contributed by atoms with van der Waals surface area (Å²) in [5, 5.41) is 15.8. The molecule has 1 rings (SSSR count). The van der Waals surface area contributed by atoms with E-state index >= 15 is 0 Å². The van der Waals surface area contributed by atoms with E-state index in [0.717, 1.165) is 17.2 Å². The van der Waals surface area contributed by atoms with Gasteiger partial charge < -0.3 is 25.4 Å². The van der Waals surface area contributed by atoms with Gasteiger partial charge in [0.15, 0.2) is 0 Å². The van der Waals surface area contributed by atoms with E-state index in [2.05, 4.69) is 15.6 Å². The van der Waals surface area contributed by atoms with E-state index in [-0.39, 0.29) is 31.2 Å². The summed E-state index contributed by atoms with van der Waals surface area (Å²) in [5.41, 5.74) is 1.94. The highest BCUT2D eigenvalue weighted by Gasteiger charge is 2.18. The van der Waals surface area contributed by atoms with Gasteiger partial charge in [-0.2, -0.15) is 0 Å². The molecule has 0 aromatic rings. The van der Waals surface area contributed by atoms with Gasteiger partial charge in [0.05, 0.1) is 25.0 Å². The number of rotatable bonds is 10. The van der Waals surface area contributed by atoms with Crippen LogP contribution < -0.4 is 10.6 Å². The molecule has 0 radical (unpaired) electrons. The van der Waals surface area contributed by atoms with Gasteiger partial charge in [-0.3, -0.25) is 4.99 Å². The fourth-order valence-electron chi connectivity index (χ4n) is 2.50. The quantitative estimate of drug-likeness (QED) is 0.508. The molecule has 0 amide bonds. The molecule has 3 N–H and O–H groups in total. The molecule has 0 aliphatic carbocycles. The van der Waals surface area contributed by atoms with Gasteiger partial charge in [0.1, 0.15) is 11.6 Å². The van der Waals surface area contributed by atoms with E-state index in [0.29, 0.717) is 13.0 Å². The van der Waals surface area contributed by atoms with Crippen molar-refractivity contribution in [3.8, 4) is 0 Å². The standard InChI is InChI=1S/C20H33FN4O2/c1-15(2)27-13-9-17(21)7-6-16(3)24-20(23-5)19-14-18(22-4)8-10-25(19)11-12-26/h6-10,15-16,23-24,26H,11-14H2,1-5H3/b7-6-,17-9+,20-19-,22-18-. The number of aliphatic hydroxyl groups excluding tert-OH is 1. The van der Waals surface area contributed by atoms with Gasteiger partial charge in [-0.05, 0) is 39.0 Å². The van der Waals surface area contributed by atoms with Gasteiger partial charge in [-0.1, -0.05) is 6.08 Å². The van der Waals surface area contributed by atoms with E-state index in [1.165, 1.54) is 12.2 Å². The first-order chi connectivity index (χ1) is 12.9. The van der Waals surface area contributed by atoms with Crippen LogP contribution in [0.5, 0.6) is 0 Å². The number of hydrogen-bond acceptors (Lipinski definition) is 6. The highest BCUT2D eigenvalue weighted by atomic mass is 19.1. The molecule has 1 heterocycles. The zero-order chi connectivity index (χ0) is 20.2. The zero-order valence-corrected chi connectivity index (χ0v) is 17.0. The zero-order valence-electron chi connectivity index (χ0n) is 17.0. The second-order valence-corrected chi connectivity index (χ2v) is 6.46. The lowest BCUT2D eigenvalue weighted by Crippen LogP contribution is -2.37. The number of nitrogens with one attached hydrogen (secondary N) is 2. The second kappa shape index (κ2) is 12.3. The third-order valence-corrected chi connectivity index (χ3v) is 3.93. The summed E-state index contributed by atoms with van der Waals surface area (Å²) < 4.78 is 19.1. The number of β-amino-alcohol motifs (C(OH)–C–C–N with tert-alkyl or cyclic N) is 1. The Balaban J connectivity index is 2.83. The number of nitrogens with zero attached hydrogens (tertiary/aromatic N) is 2. The number of aliphatic hydroxyl groups is 1. The number of ether oxygens (including phenoxy) is 1. The molecule has 1 atom stereocenters. The summed E-state index contributed by atoms with van der Waals surface area (Å²) in [6, 6.07) is -0.103. The average Bonchev–Trinajstić information content (AvgIpc) is 2.64. The molecule has 7 heteroatoms. The Morgan fingerprint density at radius 2 is 2.19 bits per heavy atom. The van der Waals surface area contributed by atoms with Crippen LogP contribution in [0.3, 0.4) is 0 Å². The van der Waals surface area contributed by atoms with E-state index in [1.807, 2.05) is 45.0 Å². The smallest absolute Gasteiger partial charge is 0.121 e. The van der Waals surface area contributed by atoms with Crippen LogP contribution in [-0.2, 0) is 4.74 Å². The monoisotopic (exact) mass is 380 g/mol. The minimum atomic E-state index is -0.328. The van der Waals surface area contributed by atoms with Gasteiger partial charge in [0.2, 0.25) is 0 Å². The Morgan fingerprint density at radius 1 is 1.44 bits per heavy atom. The van der Waals surface area contributed by atoms with Gasteiger partial charge in [-0.15, -0.1) is 0 Å². The first-order valence-corrected chi connectivity index (χ1v) is 9.25. The Bertz CT molecular complexity index is 609. The maximum absolute atomic E-state index is 13.8. The van der Waals surface area contributed by atoms with Crippen molar-refractivity contribution < 1.29 is 14.2 Å². The Labute approximate surface area is 162 Å². The average molecular weight is 381 g/mol. The predicted octanol–water partition coefficient (Wildman–Crippen LogP) is 2.47. The third kappa shape index (κ3) is 8.41. The second-order valence-electron chi connectivity index (χ2n) is 6.46. The van der Waals surface area contributed by atoms with Crippen LogP contribution in [0.15, 0.2) is 52.8 Å². The molecule has 1 aliphatic heterocycles. The summed E-state index contributed by atoms with van der Waals surface area (Å²) in [5.74, 6) is 0.490. The van der Waals surface area contributed by atoms with Crippen molar-refractivity contribution in [1.82, 2.24) is 15.5 Å². The van der Waals surface area contributed by atoms with Crippen LogP contribution in [0, 0.1) is 0 Å². The molecule has 1 aliphatic rings. The third-order valence-electron chi connectivity index (χ3n) is 3.93. The van der Waals surface area contributed by atoms with Crippen LogP contribution in [0.4, 0.5) is 4.39 Å². The van der Waals surface area contributed by atoms with Crippen LogP contribution in [0.2, 0.25) is 0 Å². The lowest BCUT2D eigenvalue weighted by Gasteiger charge is -2.30. The molecule has 152 valence electrons. The number of allylic oxidation sites excluding steroid dienone is 4. The molecule has 0 saturated carbocycles. The molecule has 0 bridgehead atoms. The van der Waals surface area contributed by atoms with Gasteiger partial charge >= 0.3 is 0 Å². The van der Waals surface area contributed by atoms with E-state index in [9.17, 15) is 9.50 Å². The summed E-state index contributed by atoms with van der Waals surface area (Å²) >= 11 is 0. The van der Waals surface area contributed by atoms with Crippen molar-refractivity contribution in [2.75, 3.05) is 33.9 Å². The lowest BCUT2D eigenvalue weighted by molar-refractivity contribution is 0.102. The highest BCUT2D eigenvalue weighted by Crippen LogP contribution is 2.19. The molecule has 0 saturated heterocycles. The fraction of sp³-hybridized carbons (Fsp3) is 0.550. The van der Waals surface area contributed by atoms with E-state index < -0.39 is 0 Å². The van der Waals surface area contributed by atoms with Crippen LogP contribution in [0.1, 0.15) is 27.2 Å². The van der Waals surface area contributed by atoms with Gasteiger partial charge in [0, 0.05) is 45.0 Å². The molecular formula is C20H33FN4O2. The van der Waals surface area contributed by atoms with Gasteiger partial charge in [-0.25, -0.2) is 4.39 Å². The number of hydrogen-bond donors (Lipinski definition) is 3.